The third-order valence-corrected chi connectivity index (χ3v) is 8.75. The second-order valence-electron chi connectivity index (χ2n) is 11.8. The maximum atomic E-state index is 13.2. The average molecular weight is 614 g/mol. The predicted molar refractivity (Wildman–Crippen MR) is 142 cm³/mol. The summed E-state index contributed by atoms with van der Waals surface area (Å²) in [6.07, 6.45) is -14.0. The first-order chi connectivity index (χ1) is 19.9. The van der Waals surface area contributed by atoms with Gasteiger partial charge in [-0.1, -0.05) is 6.92 Å². The van der Waals surface area contributed by atoms with E-state index in [1.54, 1.807) is 6.92 Å². The molecule has 1 unspecified atom stereocenters. The Bertz CT molecular complexity index is 857. The summed E-state index contributed by atoms with van der Waals surface area (Å²) < 4.78 is 48.6. The second kappa shape index (κ2) is 14.6. The highest BCUT2D eigenvalue weighted by Crippen LogP contribution is 2.35. The van der Waals surface area contributed by atoms with Crippen LogP contribution in [0, 0.1) is 5.92 Å². The molecule has 4 fully saturated rings. The van der Waals surface area contributed by atoms with Gasteiger partial charge in [0.15, 0.2) is 18.9 Å². The zero-order valence-electron chi connectivity index (χ0n) is 23.6. The fourth-order valence-electron chi connectivity index (χ4n) is 6.00. The van der Waals surface area contributed by atoms with Gasteiger partial charge in [0.2, 0.25) is 0 Å². The number of rotatable bonds is 10. The van der Waals surface area contributed by atoms with Crippen molar-refractivity contribution in [2.75, 3.05) is 19.8 Å². The molecule has 0 aromatic rings. The van der Waals surface area contributed by atoms with Crippen LogP contribution in [0.2, 0.25) is 0 Å². The van der Waals surface area contributed by atoms with Gasteiger partial charge < -0.3 is 82.6 Å². The van der Waals surface area contributed by atoms with Gasteiger partial charge in [0.1, 0.15) is 49.4 Å². The first-order valence-electron chi connectivity index (χ1n) is 14.5. The van der Waals surface area contributed by atoms with Crippen LogP contribution in [0.15, 0.2) is 0 Å². The maximum Gasteiger partial charge on any atom is 0.187 e. The Kier molecular flexibility index (Phi) is 11.9. The van der Waals surface area contributed by atoms with Crippen molar-refractivity contribution in [2.24, 2.45) is 34.6 Å². The summed E-state index contributed by atoms with van der Waals surface area (Å²) in [5.41, 5.74) is 30.2. The average Bonchev–Trinajstić information content (AvgIpc) is 3.27. The number of ether oxygens (including phenoxy) is 6. The third-order valence-electron chi connectivity index (χ3n) is 8.75. The molecular formula is C25H48FN5O11. The van der Waals surface area contributed by atoms with E-state index in [0.29, 0.717) is 12.8 Å². The van der Waals surface area contributed by atoms with Crippen LogP contribution in [-0.2, 0) is 28.4 Å². The van der Waals surface area contributed by atoms with E-state index >= 15 is 0 Å². The van der Waals surface area contributed by atoms with Crippen molar-refractivity contribution >= 4 is 0 Å². The highest BCUT2D eigenvalue weighted by Gasteiger charge is 2.53. The van der Waals surface area contributed by atoms with Crippen molar-refractivity contribution in [1.82, 2.24) is 0 Å². The zero-order chi connectivity index (χ0) is 30.9. The van der Waals surface area contributed by atoms with Gasteiger partial charge in [-0.25, -0.2) is 4.39 Å². The van der Waals surface area contributed by atoms with Crippen molar-refractivity contribution in [2.45, 2.75) is 130 Å². The van der Waals surface area contributed by atoms with Crippen molar-refractivity contribution < 1.29 is 58.3 Å². The molecule has 0 amide bonds. The monoisotopic (exact) mass is 613 g/mol. The molecule has 16 nitrogen and oxygen atoms in total. The van der Waals surface area contributed by atoms with Crippen molar-refractivity contribution in [3.8, 4) is 0 Å². The van der Waals surface area contributed by atoms with Crippen molar-refractivity contribution in [3.05, 3.63) is 0 Å². The Morgan fingerprint density at radius 2 is 1.40 bits per heavy atom. The Labute approximate surface area is 243 Å². The topological polar surface area (TPSA) is 287 Å². The summed E-state index contributed by atoms with van der Waals surface area (Å²) in [5, 5.41) is 52.8. The van der Waals surface area contributed by atoms with E-state index in [4.69, 9.17) is 57.1 Å². The van der Waals surface area contributed by atoms with Crippen LogP contribution in [0.3, 0.4) is 0 Å². The summed E-state index contributed by atoms with van der Waals surface area (Å²) in [4.78, 5) is 0. The van der Waals surface area contributed by atoms with E-state index in [-0.39, 0.29) is 13.0 Å². The number of aliphatic hydroxyl groups excluding tert-OH is 5. The molecule has 246 valence electrons. The third kappa shape index (κ3) is 7.07. The summed E-state index contributed by atoms with van der Waals surface area (Å²) in [7, 11) is 0. The van der Waals surface area contributed by atoms with Gasteiger partial charge in [0.25, 0.3) is 0 Å². The smallest absolute Gasteiger partial charge is 0.187 e. The van der Waals surface area contributed by atoms with Gasteiger partial charge in [0.05, 0.1) is 37.0 Å². The summed E-state index contributed by atoms with van der Waals surface area (Å²) in [5.74, 6) is -0.725. The molecule has 42 heavy (non-hydrogen) atoms. The van der Waals surface area contributed by atoms with Crippen LogP contribution >= 0.6 is 0 Å². The zero-order valence-corrected chi connectivity index (χ0v) is 23.6. The van der Waals surface area contributed by atoms with Gasteiger partial charge in [-0.3, -0.25) is 0 Å². The minimum Gasteiger partial charge on any atom is -0.394 e. The number of hydrogen-bond donors (Lipinski definition) is 10. The molecule has 3 heterocycles. The Hall–Kier alpha value is -0.710. The molecule has 1 saturated carbocycles. The first-order valence-corrected chi connectivity index (χ1v) is 14.5. The fourth-order valence-corrected chi connectivity index (χ4v) is 6.00. The summed E-state index contributed by atoms with van der Waals surface area (Å²) in [6.45, 7) is 0.112. The van der Waals surface area contributed by atoms with Crippen LogP contribution in [0.1, 0.15) is 26.2 Å². The van der Waals surface area contributed by atoms with E-state index in [1.807, 2.05) is 0 Å². The lowest BCUT2D eigenvalue weighted by molar-refractivity contribution is -0.297. The SMILES string of the molecule is C[C@H]1C(O[C@H]2[C@@H](O)[C@H](O[C@@H]3[C@@H](O)[C@H](N)C[C@H](N)[C@H]3O[C@H]3O[C@H]([C@@H](N)CF)CC[C@H]3N)O[C@@H]2CO)O[C@@H](CN)[C@@H](O)[C@@H]1O. The Morgan fingerprint density at radius 3 is 2.05 bits per heavy atom. The molecule has 0 aromatic carbocycles. The van der Waals surface area contributed by atoms with Crippen molar-refractivity contribution in [3.63, 3.8) is 0 Å². The lowest BCUT2D eigenvalue weighted by atomic mass is 9.84. The second-order valence-corrected chi connectivity index (χ2v) is 11.8. The number of nitrogens with two attached hydrogens (primary N) is 5. The molecule has 1 aliphatic carbocycles. The Balaban J connectivity index is 1.48. The van der Waals surface area contributed by atoms with Crippen molar-refractivity contribution in [1.29, 1.82) is 0 Å². The summed E-state index contributed by atoms with van der Waals surface area (Å²) in [6, 6.07) is -3.03. The first kappa shape index (κ1) is 34.2. The van der Waals surface area contributed by atoms with E-state index in [0.717, 1.165) is 0 Å². The highest BCUT2D eigenvalue weighted by molar-refractivity contribution is 5.01. The van der Waals surface area contributed by atoms with E-state index < -0.39 is 123 Å². The van der Waals surface area contributed by atoms with Crippen LogP contribution in [0.25, 0.3) is 0 Å². The molecule has 0 radical (unpaired) electrons. The molecule has 4 aliphatic rings. The molecule has 4 rings (SSSR count). The van der Waals surface area contributed by atoms with Gasteiger partial charge in [-0.15, -0.1) is 0 Å². The molecular weight excluding hydrogens is 565 g/mol. The lowest BCUT2D eigenvalue weighted by Gasteiger charge is -2.46. The molecule has 3 aliphatic heterocycles. The number of aliphatic hydroxyl groups is 5. The molecule has 17 heteroatoms. The quantitative estimate of drug-likeness (QED) is 0.110. The van der Waals surface area contributed by atoms with E-state index in [9.17, 15) is 29.9 Å². The normalized spacial score (nSPS) is 51.0. The predicted octanol–water partition coefficient (Wildman–Crippen LogP) is -5.19. The maximum absolute atomic E-state index is 13.2. The largest absolute Gasteiger partial charge is 0.394 e. The number of halogens is 1. The molecule has 0 aromatic heterocycles. The highest BCUT2D eigenvalue weighted by atomic mass is 19.1. The number of alkyl halides is 1. The van der Waals surface area contributed by atoms with E-state index in [1.165, 1.54) is 0 Å². The standard InChI is InChI=1S/C25H48FN5O11/c1-8-16(33)18(35)14(6-27)38-23(8)41-21-15(7-32)39-25(19(21)36)42-22-17(34)10(29)4-11(30)20(22)40-24-9(28)2-3-13(37-24)12(31)5-26/h8-25,32-36H,2-7,27-31H2,1H3/t8-,9-,10-,11+,12+,13+,14+,15-,16-,17+,18-,19-,20-,21-,22-,23?,24-,25+/m1/s1. The van der Waals surface area contributed by atoms with Crippen LogP contribution in [-0.4, -0.2) is 149 Å². The Morgan fingerprint density at radius 1 is 0.762 bits per heavy atom. The van der Waals surface area contributed by atoms with Gasteiger partial charge in [-0.05, 0) is 19.3 Å². The van der Waals surface area contributed by atoms with Gasteiger partial charge >= 0.3 is 0 Å². The molecule has 18 atom stereocenters. The molecule has 15 N–H and O–H groups in total. The minimum absolute atomic E-state index is 0.0972. The van der Waals surface area contributed by atoms with Crippen LogP contribution < -0.4 is 28.7 Å². The molecule has 0 bridgehead atoms. The van der Waals surface area contributed by atoms with Gasteiger partial charge in [0, 0.05) is 24.5 Å². The summed E-state index contributed by atoms with van der Waals surface area (Å²) >= 11 is 0. The molecule has 3 saturated heterocycles. The lowest BCUT2D eigenvalue weighted by Crippen LogP contribution is -2.65. The van der Waals surface area contributed by atoms with Crippen LogP contribution in [0.4, 0.5) is 4.39 Å². The van der Waals surface area contributed by atoms with Gasteiger partial charge in [-0.2, -0.15) is 0 Å². The van der Waals surface area contributed by atoms with Crippen LogP contribution in [0.5, 0.6) is 0 Å². The molecule has 0 spiro atoms. The number of hydrogen-bond acceptors (Lipinski definition) is 16. The van der Waals surface area contributed by atoms with E-state index in [2.05, 4.69) is 0 Å². The fraction of sp³-hybridized carbons (Fsp3) is 1.00. The minimum atomic E-state index is -1.51.